The number of carbonyl (C=O) groups is 1. The Balaban J connectivity index is -0.000000333. The average molecular weight is 193 g/mol. The van der Waals surface area contributed by atoms with Gasteiger partial charge in [0.2, 0.25) is 0 Å². The molecule has 1 aliphatic rings. The normalized spacial score (nSPS) is 27.2. The Morgan fingerprint density at radius 2 is 2.17 bits per heavy atom. The molecule has 0 bridgehead atoms. The molecule has 2 unspecified atom stereocenters. The second-order valence-electron chi connectivity index (χ2n) is 2.41. The summed E-state index contributed by atoms with van der Waals surface area (Å²) < 4.78 is 6.89. The summed E-state index contributed by atoms with van der Waals surface area (Å²) in [7, 11) is 0. The summed E-state index contributed by atoms with van der Waals surface area (Å²) in [6.07, 6.45) is 1.70. The van der Waals surface area contributed by atoms with Crippen molar-refractivity contribution in [2.45, 2.75) is 47.3 Å². The maximum Gasteiger partial charge on any atom is 0.123 e. The lowest BCUT2D eigenvalue weighted by Gasteiger charge is -2.00. The largest absolute Gasteiger partial charge is 0.303 e. The molecular formula is C10H24OS. The van der Waals surface area contributed by atoms with Crippen molar-refractivity contribution < 1.29 is 6.17 Å². The Labute approximate surface area is 83.7 Å². The average Bonchev–Trinajstić information content (AvgIpc) is 2.34. The Bertz CT molecular complexity index is 139. The highest BCUT2D eigenvalue weighted by atomic mass is 32.2. The van der Waals surface area contributed by atoms with Crippen LogP contribution >= 0.6 is 11.8 Å². The molecule has 1 aliphatic heterocycles. The van der Waals surface area contributed by atoms with Gasteiger partial charge in [0.15, 0.2) is 0 Å². The van der Waals surface area contributed by atoms with Crippen LogP contribution in [0.3, 0.4) is 0 Å². The molecule has 76 valence electrons. The first kappa shape index (κ1) is 14.5. The van der Waals surface area contributed by atoms with Crippen LogP contribution in [-0.2, 0) is 4.79 Å². The number of hydrogen-bond acceptors (Lipinski definition) is 2. The minimum absolute atomic E-state index is 0. The number of carbonyl (C=O) groups excluding carboxylic acids is 1. The molecule has 1 saturated heterocycles. The number of thioether (sulfide) groups is 1. The monoisotopic (exact) mass is 193 g/mol. The van der Waals surface area contributed by atoms with E-state index in [1.807, 2.05) is 11.8 Å². The smallest absolute Gasteiger partial charge is 0.123 e. The highest BCUT2D eigenvalue weighted by molar-refractivity contribution is 8.00. The van der Waals surface area contributed by atoms with Gasteiger partial charge in [0.1, 0.15) is 7.63 Å². The van der Waals surface area contributed by atoms with E-state index in [0.29, 0.717) is 5.25 Å². The van der Waals surface area contributed by atoms with Crippen molar-refractivity contribution in [1.29, 1.82) is 0 Å². The minimum Gasteiger partial charge on any atom is -0.303 e. The summed E-state index contributed by atoms with van der Waals surface area (Å²) in [5.41, 5.74) is 0. The van der Waals surface area contributed by atoms with Gasteiger partial charge in [0.05, 0.1) is 0 Å². The van der Waals surface area contributed by atoms with Gasteiger partial charge >= 0.3 is 0 Å². The van der Waals surface area contributed by atoms with Crippen LogP contribution in [0.15, 0.2) is 0 Å². The van der Waals surface area contributed by atoms with Gasteiger partial charge < -0.3 is 4.79 Å². The fraction of sp³-hybridized carbons (Fsp3) is 0.900. The van der Waals surface area contributed by atoms with Crippen LogP contribution in [0.5, 0.6) is 0 Å². The topological polar surface area (TPSA) is 17.1 Å². The molecule has 0 radical (unpaired) electrons. The molecule has 12 heavy (non-hydrogen) atoms. The van der Waals surface area contributed by atoms with Gasteiger partial charge in [-0.05, 0) is 12.8 Å². The lowest BCUT2D eigenvalue weighted by molar-refractivity contribution is -0.110. The number of hydrogen-bond donors (Lipinski definition) is 0. The van der Waals surface area contributed by atoms with E-state index >= 15 is 0 Å². The molecule has 2 atom stereocenters. The van der Waals surface area contributed by atoms with E-state index in [1.54, 1.807) is 0 Å². The molecule has 0 saturated carbocycles. The van der Waals surface area contributed by atoms with E-state index in [0.717, 1.165) is 18.6 Å². The van der Waals surface area contributed by atoms with E-state index in [4.69, 9.17) is 1.37 Å². The van der Waals surface area contributed by atoms with Crippen LogP contribution < -0.4 is 0 Å². The predicted octanol–water partition coefficient (Wildman–Crippen LogP) is 3.63. The first-order valence-electron chi connectivity index (χ1n) is 3.86. The molecule has 0 aromatic carbocycles. The van der Waals surface area contributed by atoms with Crippen molar-refractivity contribution >= 4 is 18.0 Å². The predicted molar refractivity (Wildman–Crippen MR) is 60.9 cm³/mol. The van der Waals surface area contributed by atoms with Gasteiger partial charge in [-0.2, -0.15) is 11.8 Å². The summed E-state index contributed by atoms with van der Waals surface area (Å²) in [4.78, 5) is 10.6. The van der Waals surface area contributed by atoms with Crippen molar-refractivity contribution in [2.75, 3.05) is 5.75 Å². The number of aldehydes is 1. The Hall–Kier alpha value is 0.0200. The molecule has 1 rings (SSSR count). The minimum atomic E-state index is -0.372. The van der Waals surface area contributed by atoms with Crippen LogP contribution in [0, 0.1) is 5.92 Å². The zero-order chi connectivity index (χ0) is 7.56. The van der Waals surface area contributed by atoms with Crippen LogP contribution in [-0.4, -0.2) is 17.3 Å². The van der Waals surface area contributed by atoms with Gasteiger partial charge in [-0.3, -0.25) is 0 Å². The van der Waals surface area contributed by atoms with Crippen molar-refractivity contribution in [2.24, 2.45) is 5.92 Å². The van der Waals surface area contributed by atoms with Gasteiger partial charge in [-0.1, -0.05) is 29.2 Å². The molecule has 1 heterocycles. The van der Waals surface area contributed by atoms with E-state index in [-0.39, 0.29) is 34.5 Å². The number of rotatable bonds is 2. The second kappa shape index (κ2) is 9.11. The molecular weight excluding hydrogens is 168 g/mol. The van der Waals surface area contributed by atoms with Crippen LogP contribution in [0.2, 0.25) is 0 Å². The maximum atomic E-state index is 10.6. The van der Waals surface area contributed by atoms with E-state index < -0.39 is 0 Å². The molecule has 1 fully saturated rings. The second-order valence-corrected chi connectivity index (χ2v) is 3.75. The van der Waals surface area contributed by atoms with Gasteiger partial charge in [-0.15, -0.1) is 0 Å². The van der Waals surface area contributed by atoms with E-state index in [2.05, 4.69) is 6.92 Å². The van der Waals surface area contributed by atoms with Crippen molar-refractivity contribution in [1.82, 2.24) is 0 Å². The molecule has 0 aliphatic carbocycles. The Morgan fingerprint density at radius 1 is 1.58 bits per heavy atom. The quantitative estimate of drug-likeness (QED) is 0.623. The van der Waals surface area contributed by atoms with Crippen LogP contribution in [0.1, 0.15) is 43.4 Å². The summed E-state index contributed by atoms with van der Waals surface area (Å²) in [6, 6.07) is 0. The van der Waals surface area contributed by atoms with E-state index in [1.165, 1.54) is 0 Å². The summed E-state index contributed by atoms with van der Waals surface area (Å²) in [5.74, 6) is 0.913. The fourth-order valence-electron chi connectivity index (χ4n) is 1.07. The van der Waals surface area contributed by atoms with Gasteiger partial charge in [0.25, 0.3) is 0 Å². The Kier molecular flexibility index (Phi) is 11.0. The fourth-order valence-corrected chi connectivity index (χ4v) is 2.38. The highest BCUT2D eigenvalue weighted by Gasteiger charge is 2.22. The molecule has 2 heteroatoms. The maximum absolute atomic E-state index is 10.6. The summed E-state index contributed by atoms with van der Waals surface area (Å²) in [5, 5.41) is 0.638. The van der Waals surface area contributed by atoms with E-state index in [9.17, 15) is 4.79 Å². The molecule has 0 spiro atoms. The molecule has 0 amide bonds. The molecule has 0 aromatic heterocycles. The lowest BCUT2D eigenvalue weighted by Crippen LogP contribution is -2.00. The third-order valence-electron chi connectivity index (χ3n) is 1.70. The van der Waals surface area contributed by atoms with Crippen LogP contribution in [0.4, 0.5) is 0 Å². The highest BCUT2D eigenvalue weighted by Crippen LogP contribution is 2.31. The Morgan fingerprint density at radius 3 is 2.42 bits per heavy atom. The van der Waals surface area contributed by atoms with Crippen LogP contribution in [0.25, 0.3) is 0 Å². The van der Waals surface area contributed by atoms with Crippen molar-refractivity contribution in [3.63, 3.8) is 0 Å². The third kappa shape index (κ3) is 4.81. The zero-order valence-electron chi connectivity index (χ0n) is 6.59. The SMILES string of the molecule is C.C.C.[2H]C(=O)C1CSC(CC)C1. The summed E-state index contributed by atoms with van der Waals surface area (Å²) in [6.45, 7) is 2.13. The lowest BCUT2D eigenvalue weighted by atomic mass is 10.1. The first-order chi connectivity index (χ1) is 4.74. The van der Waals surface area contributed by atoms with Gasteiger partial charge in [-0.25, -0.2) is 0 Å². The standard InChI is InChI=1S/C7H12OS.3CH4/c1-2-7-3-6(4-8)5-9-7;;;/h4,6-7H,2-3,5H2,1H3;3*1H4/i4D;;;. The summed E-state index contributed by atoms with van der Waals surface area (Å²) >= 11 is 1.84. The molecule has 1 nitrogen and oxygen atoms in total. The molecule has 0 aromatic rings. The third-order valence-corrected chi connectivity index (χ3v) is 3.29. The van der Waals surface area contributed by atoms with Crippen molar-refractivity contribution in [3.8, 4) is 0 Å². The van der Waals surface area contributed by atoms with Crippen molar-refractivity contribution in [3.05, 3.63) is 0 Å². The zero-order valence-corrected chi connectivity index (χ0v) is 6.41. The van der Waals surface area contributed by atoms with Gasteiger partial charge in [0, 0.05) is 16.9 Å². The first-order valence-corrected chi connectivity index (χ1v) is 4.41. The molecule has 0 N–H and O–H groups in total.